The van der Waals surface area contributed by atoms with Crippen LogP contribution in [0.5, 0.6) is 5.75 Å². The molecule has 0 saturated carbocycles. The molecule has 1 aromatic carbocycles. The summed E-state index contributed by atoms with van der Waals surface area (Å²) in [7, 11) is -2.82. The van der Waals surface area contributed by atoms with Gasteiger partial charge in [0.1, 0.15) is 15.6 Å². The number of nitrogens with two attached hydrogens (primary N) is 1. The van der Waals surface area contributed by atoms with Gasteiger partial charge < -0.3 is 15.8 Å². The number of ether oxygens (including phenoxy) is 1. The van der Waals surface area contributed by atoms with Crippen LogP contribution in [0.3, 0.4) is 0 Å². The van der Waals surface area contributed by atoms with Crippen LogP contribution in [-0.4, -0.2) is 32.6 Å². The average Bonchev–Trinajstić information content (AvgIpc) is 2.32. The topological polar surface area (TPSA) is 81.4 Å². The van der Waals surface area contributed by atoms with Crippen LogP contribution in [0.25, 0.3) is 0 Å². The Morgan fingerprint density at radius 2 is 2.00 bits per heavy atom. The molecule has 106 valence electrons. The van der Waals surface area contributed by atoms with E-state index in [9.17, 15) is 8.42 Å². The third-order valence-corrected chi connectivity index (χ3v) is 4.88. The molecule has 0 radical (unpaired) electrons. The van der Waals surface area contributed by atoms with Crippen molar-refractivity contribution < 1.29 is 13.2 Å². The number of anilines is 2. The van der Waals surface area contributed by atoms with Crippen molar-refractivity contribution in [1.82, 2.24) is 0 Å². The van der Waals surface area contributed by atoms with Crippen molar-refractivity contribution in [2.24, 2.45) is 0 Å². The zero-order chi connectivity index (χ0) is 13.9. The van der Waals surface area contributed by atoms with Crippen molar-refractivity contribution in [1.29, 1.82) is 0 Å². The highest BCUT2D eigenvalue weighted by Gasteiger charge is 2.23. The predicted octanol–water partition coefficient (Wildman–Crippen LogP) is 1.66. The van der Waals surface area contributed by atoms with E-state index in [-0.39, 0.29) is 17.5 Å². The fourth-order valence-electron chi connectivity index (χ4n) is 2.23. The number of nitrogen functional groups attached to an aromatic ring is 1. The van der Waals surface area contributed by atoms with Crippen molar-refractivity contribution >= 4 is 21.2 Å². The molecule has 1 heterocycles. The molecule has 3 N–H and O–H groups in total. The minimum atomic E-state index is -2.82. The molecule has 19 heavy (non-hydrogen) atoms. The molecule has 2 rings (SSSR count). The van der Waals surface area contributed by atoms with Crippen LogP contribution < -0.4 is 15.8 Å². The molecule has 0 unspecified atom stereocenters. The van der Waals surface area contributed by atoms with Crippen molar-refractivity contribution in [3.8, 4) is 5.75 Å². The summed E-state index contributed by atoms with van der Waals surface area (Å²) >= 11 is 0. The second-order valence-electron chi connectivity index (χ2n) is 4.79. The summed E-state index contributed by atoms with van der Waals surface area (Å²) < 4.78 is 28.2. The summed E-state index contributed by atoms with van der Waals surface area (Å²) in [6, 6.07) is 5.69. The number of sulfone groups is 1. The van der Waals surface area contributed by atoms with E-state index >= 15 is 0 Å². The van der Waals surface area contributed by atoms with Gasteiger partial charge in [0.25, 0.3) is 0 Å². The lowest BCUT2D eigenvalue weighted by molar-refractivity contribution is 0.340. The van der Waals surface area contributed by atoms with E-state index in [1.165, 1.54) is 0 Å². The van der Waals surface area contributed by atoms with E-state index in [0.29, 0.717) is 25.1 Å². The van der Waals surface area contributed by atoms with E-state index in [1.54, 1.807) is 6.07 Å². The quantitative estimate of drug-likeness (QED) is 0.822. The summed E-state index contributed by atoms with van der Waals surface area (Å²) in [5.41, 5.74) is 7.34. The van der Waals surface area contributed by atoms with Gasteiger partial charge >= 0.3 is 0 Å². The average molecular weight is 284 g/mol. The maximum absolute atomic E-state index is 11.4. The smallest absolute Gasteiger partial charge is 0.150 e. The van der Waals surface area contributed by atoms with E-state index in [2.05, 4.69) is 5.32 Å². The van der Waals surface area contributed by atoms with Crippen LogP contribution in [0.4, 0.5) is 11.4 Å². The largest absolute Gasteiger partial charge is 0.494 e. The minimum absolute atomic E-state index is 0.180. The lowest BCUT2D eigenvalue weighted by Gasteiger charge is -2.24. The Kier molecular flexibility index (Phi) is 4.19. The molecule has 1 aliphatic rings. The van der Waals surface area contributed by atoms with Crippen molar-refractivity contribution in [3.05, 3.63) is 18.2 Å². The van der Waals surface area contributed by atoms with Gasteiger partial charge in [-0.1, -0.05) is 0 Å². The van der Waals surface area contributed by atoms with Crippen LogP contribution in [0.15, 0.2) is 18.2 Å². The first-order valence-corrected chi connectivity index (χ1v) is 8.31. The lowest BCUT2D eigenvalue weighted by atomic mass is 10.1. The fourth-order valence-corrected chi connectivity index (χ4v) is 3.72. The predicted molar refractivity (Wildman–Crippen MR) is 77.3 cm³/mol. The number of hydrogen-bond donors (Lipinski definition) is 2. The van der Waals surface area contributed by atoms with Crippen molar-refractivity contribution in [2.45, 2.75) is 25.8 Å². The number of rotatable bonds is 4. The highest BCUT2D eigenvalue weighted by atomic mass is 32.2. The van der Waals surface area contributed by atoms with Crippen LogP contribution in [0.2, 0.25) is 0 Å². The SMILES string of the molecule is CCOc1cc(N)cc(NC2CCS(=O)(=O)CC2)c1. The monoisotopic (exact) mass is 284 g/mol. The molecule has 1 saturated heterocycles. The maximum Gasteiger partial charge on any atom is 0.150 e. The van der Waals surface area contributed by atoms with E-state index < -0.39 is 9.84 Å². The molecule has 0 aliphatic carbocycles. The number of hydrogen-bond acceptors (Lipinski definition) is 5. The Morgan fingerprint density at radius 1 is 1.32 bits per heavy atom. The van der Waals surface area contributed by atoms with Crippen LogP contribution in [-0.2, 0) is 9.84 Å². The molecule has 0 amide bonds. The minimum Gasteiger partial charge on any atom is -0.494 e. The van der Waals surface area contributed by atoms with E-state index in [1.807, 2.05) is 19.1 Å². The van der Waals surface area contributed by atoms with Crippen molar-refractivity contribution in [2.75, 3.05) is 29.2 Å². The van der Waals surface area contributed by atoms with Crippen LogP contribution in [0.1, 0.15) is 19.8 Å². The molecule has 1 fully saturated rings. The Morgan fingerprint density at radius 3 is 2.63 bits per heavy atom. The Hall–Kier alpha value is -1.43. The normalized spacial score (nSPS) is 19.0. The Balaban J connectivity index is 2.03. The third kappa shape index (κ3) is 4.02. The summed E-state index contributed by atoms with van der Waals surface area (Å²) in [5.74, 6) is 1.24. The Labute approximate surface area is 114 Å². The molecule has 1 aliphatic heterocycles. The van der Waals surface area contributed by atoms with Crippen molar-refractivity contribution in [3.63, 3.8) is 0 Å². The van der Waals surface area contributed by atoms with E-state index in [4.69, 9.17) is 10.5 Å². The van der Waals surface area contributed by atoms with Gasteiger partial charge in [-0.2, -0.15) is 0 Å². The van der Waals surface area contributed by atoms with Gasteiger partial charge in [-0.3, -0.25) is 0 Å². The standard InChI is InChI=1S/C13H20N2O3S/c1-2-18-13-8-10(14)7-12(9-13)15-11-3-5-19(16,17)6-4-11/h7-9,11,15H,2-6,14H2,1H3. The first-order valence-electron chi connectivity index (χ1n) is 6.49. The molecule has 0 atom stereocenters. The molecule has 0 bridgehead atoms. The van der Waals surface area contributed by atoms with Gasteiger partial charge in [-0.05, 0) is 25.8 Å². The fraction of sp³-hybridized carbons (Fsp3) is 0.538. The molecule has 6 heteroatoms. The van der Waals surface area contributed by atoms with Gasteiger partial charge in [0.15, 0.2) is 0 Å². The molecular formula is C13H20N2O3S. The van der Waals surface area contributed by atoms with Crippen LogP contribution >= 0.6 is 0 Å². The van der Waals surface area contributed by atoms with Gasteiger partial charge in [-0.25, -0.2) is 8.42 Å². The summed E-state index contributed by atoms with van der Waals surface area (Å²) in [6.45, 7) is 2.51. The second kappa shape index (κ2) is 5.69. The van der Waals surface area contributed by atoms with Gasteiger partial charge in [0.05, 0.1) is 18.1 Å². The van der Waals surface area contributed by atoms with Crippen LogP contribution in [0, 0.1) is 0 Å². The number of benzene rings is 1. The summed E-state index contributed by atoms with van der Waals surface area (Å²) in [5, 5.41) is 3.33. The van der Waals surface area contributed by atoms with Gasteiger partial charge in [0, 0.05) is 29.5 Å². The lowest BCUT2D eigenvalue weighted by Crippen LogP contribution is -2.32. The zero-order valence-corrected chi connectivity index (χ0v) is 11.9. The molecule has 1 aromatic rings. The highest BCUT2D eigenvalue weighted by molar-refractivity contribution is 7.91. The molecule has 0 aromatic heterocycles. The first-order chi connectivity index (χ1) is 8.98. The third-order valence-electron chi connectivity index (χ3n) is 3.17. The second-order valence-corrected chi connectivity index (χ2v) is 7.10. The van der Waals surface area contributed by atoms with E-state index in [0.717, 1.165) is 11.4 Å². The molecular weight excluding hydrogens is 264 g/mol. The van der Waals surface area contributed by atoms with Gasteiger partial charge in [-0.15, -0.1) is 0 Å². The zero-order valence-electron chi connectivity index (χ0n) is 11.1. The first kappa shape index (κ1) is 14.0. The Bertz CT molecular complexity index is 529. The molecule has 5 nitrogen and oxygen atoms in total. The molecule has 0 spiro atoms. The highest BCUT2D eigenvalue weighted by Crippen LogP contribution is 2.25. The van der Waals surface area contributed by atoms with Gasteiger partial charge in [0.2, 0.25) is 0 Å². The maximum atomic E-state index is 11.4. The summed E-state index contributed by atoms with van der Waals surface area (Å²) in [4.78, 5) is 0. The number of nitrogens with one attached hydrogen (secondary N) is 1. The summed E-state index contributed by atoms with van der Waals surface area (Å²) in [6.07, 6.45) is 1.28.